The van der Waals surface area contributed by atoms with Crippen LogP contribution < -0.4 is 20.9 Å². The lowest BCUT2D eigenvalue weighted by Gasteiger charge is -2.20. The van der Waals surface area contributed by atoms with Crippen LogP contribution in [-0.4, -0.2) is 24.0 Å². The number of hydrogen-bond donors (Lipinski definition) is 3. The summed E-state index contributed by atoms with van der Waals surface area (Å²) in [6.07, 6.45) is -0.0510. The number of anilines is 1. The molecule has 0 atom stereocenters. The van der Waals surface area contributed by atoms with Gasteiger partial charge >= 0.3 is 0 Å². The van der Waals surface area contributed by atoms with Gasteiger partial charge in [0.25, 0.3) is 11.5 Å². The molecule has 0 saturated carbocycles. The van der Waals surface area contributed by atoms with Gasteiger partial charge in [0.2, 0.25) is 0 Å². The number of H-pyrrole nitrogens is 1. The lowest BCUT2D eigenvalue weighted by molar-refractivity contribution is 0.0950. The van der Waals surface area contributed by atoms with Crippen molar-refractivity contribution in [1.82, 2.24) is 10.3 Å². The Bertz CT molecular complexity index is 920. The Labute approximate surface area is 164 Å². The molecular formula is C20H26ClN3O3. The summed E-state index contributed by atoms with van der Waals surface area (Å²) in [6, 6.07) is 3.47. The van der Waals surface area contributed by atoms with Gasteiger partial charge in [-0.1, -0.05) is 11.6 Å². The predicted octanol–water partition coefficient (Wildman–Crippen LogP) is 3.71. The van der Waals surface area contributed by atoms with Crippen molar-refractivity contribution < 1.29 is 9.53 Å². The van der Waals surface area contributed by atoms with Crippen molar-refractivity contribution in [2.75, 3.05) is 12.4 Å². The van der Waals surface area contributed by atoms with Crippen molar-refractivity contribution in [3.63, 3.8) is 0 Å². The molecule has 27 heavy (non-hydrogen) atoms. The number of amides is 1. The van der Waals surface area contributed by atoms with Gasteiger partial charge < -0.3 is 20.4 Å². The van der Waals surface area contributed by atoms with Crippen molar-refractivity contribution in [2.45, 2.75) is 47.3 Å². The zero-order valence-electron chi connectivity index (χ0n) is 16.5. The van der Waals surface area contributed by atoms with E-state index in [-0.39, 0.29) is 24.1 Å². The molecule has 0 spiro atoms. The molecule has 1 heterocycles. The van der Waals surface area contributed by atoms with Gasteiger partial charge in [-0.3, -0.25) is 9.59 Å². The number of carbonyl (C=O) groups is 1. The maximum Gasteiger partial charge on any atom is 0.253 e. The molecule has 0 saturated heterocycles. The average molecular weight is 392 g/mol. The van der Waals surface area contributed by atoms with Crippen molar-refractivity contribution in [2.24, 2.45) is 0 Å². The molecule has 7 heteroatoms. The van der Waals surface area contributed by atoms with E-state index in [1.165, 1.54) is 0 Å². The smallest absolute Gasteiger partial charge is 0.253 e. The topological polar surface area (TPSA) is 83.2 Å². The van der Waals surface area contributed by atoms with Gasteiger partial charge in [0, 0.05) is 30.4 Å². The number of ether oxygens (including phenoxy) is 1. The van der Waals surface area contributed by atoms with E-state index in [4.69, 9.17) is 16.3 Å². The first kappa shape index (κ1) is 20.8. The highest BCUT2D eigenvalue weighted by Crippen LogP contribution is 2.38. The summed E-state index contributed by atoms with van der Waals surface area (Å²) in [5.41, 5.74) is 3.79. The SMILES string of the molecule is CNc1c(C)c(C(=O)NCc2c(C)cc(C)[nH]c2=O)cc(Cl)c1OC(C)C. The summed E-state index contributed by atoms with van der Waals surface area (Å²) in [6.45, 7) is 9.45. The number of carbonyl (C=O) groups excluding carboxylic acids is 1. The van der Waals surface area contributed by atoms with Gasteiger partial charge in [-0.05, 0) is 57.9 Å². The highest BCUT2D eigenvalue weighted by atomic mass is 35.5. The Hall–Kier alpha value is -2.47. The number of aromatic amines is 1. The second-order valence-electron chi connectivity index (χ2n) is 6.78. The number of halogens is 1. The standard InChI is InChI=1S/C20H26ClN3O3/c1-10(2)27-18-16(21)8-14(13(5)17(18)22-6)19(25)23-9-15-11(3)7-12(4)24-20(15)26/h7-8,10,22H,9H2,1-6H3,(H,23,25)(H,24,26). The Balaban J connectivity index is 2.32. The van der Waals surface area contributed by atoms with Crippen LogP contribution in [0.25, 0.3) is 0 Å². The summed E-state index contributed by atoms with van der Waals surface area (Å²) < 4.78 is 5.78. The fraction of sp³-hybridized carbons (Fsp3) is 0.400. The Morgan fingerprint density at radius 3 is 2.48 bits per heavy atom. The van der Waals surface area contributed by atoms with Crippen LogP contribution in [0.15, 0.2) is 16.9 Å². The fourth-order valence-electron chi connectivity index (χ4n) is 2.98. The van der Waals surface area contributed by atoms with E-state index >= 15 is 0 Å². The second kappa shape index (κ2) is 8.48. The summed E-state index contributed by atoms with van der Waals surface area (Å²) in [7, 11) is 1.75. The molecule has 6 nitrogen and oxygen atoms in total. The van der Waals surface area contributed by atoms with Gasteiger partial charge in [-0.2, -0.15) is 0 Å². The number of nitrogens with one attached hydrogen (secondary N) is 3. The minimum Gasteiger partial charge on any atom is -0.487 e. The molecule has 0 aliphatic heterocycles. The normalized spacial score (nSPS) is 10.8. The van der Waals surface area contributed by atoms with E-state index in [9.17, 15) is 9.59 Å². The van der Waals surface area contributed by atoms with E-state index in [1.54, 1.807) is 13.1 Å². The maximum absolute atomic E-state index is 12.7. The summed E-state index contributed by atoms with van der Waals surface area (Å²) in [5.74, 6) is 0.218. The van der Waals surface area contributed by atoms with Gasteiger partial charge in [-0.25, -0.2) is 0 Å². The lowest BCUT2D eigenvalue weighted by atomic mass is 10.0. The molecule has 0 radical (unpaired) electrons. The molecule has 0 aliphatic carbocycles. The molecular weight excluding hydrogens is 366 g/mol. The quantitative estimate of drug-likeness (QED) is 0.700. The summed E-state index contributed by atoms with van der Waals surface area (Å²) in [5, 5.41) is 6.22. The molecule has 2 rings (SSSR count). The van der Waals surface area contributed by atoms with Crippen LogP contribution in [0.4, 0.5) is 5.69 Å². The Morgan fingerprint density at radius 1 is 1.26 bits per heavy atom. The van der Waals surface area contributed by atoms with E-state index < -0.39 is 0 Å². The first-order valence-electron chi connectivity index (χ1n) is 8.80. The van der Waals surface area contributed by atoms with E-state index in [2.05, 4.69) is 15.6 Å². The van der Waals surface area contributed by atoms with Crippen molar-refractivity contribution in [3.8, 4) is 5.75 Å². The van der Waals surface area contributed by atoms with Crippen LogP contribution in [0.1, 0.15) is 46.6 Å². The third-order valence-corrected chi connectivity index (χ3v) is 4.54. The summed E-state index contributed by atoms with van der Waals surface area (Å²) in [4.78, 5) is 27.6. The molecule has 2 aromatic rings. The van der Waals surface area contributed by atoms with Crippen molar-refractivity contribution in [1.29, 1.82) is 0 Å². The van der Waals surface area contributed by atoms with Crippen LogP contribution in [-0.2, 0) is 6.54 Å². The second-order valence-corrected chi connectivity index (χ2v) is 7.18. The average Bonchev–Trinajstić information content (AvgIpc) is 2.56. The minimum atomic E-state index is -0.304. The molecule has 1 amide bonds. The summed E-state index contributed by atoms with van der Waals surface area (Å²) >= 11 is 6.36. The third kappa shape index (κ3) is 4.63. The number of hydrogen-bond acceptors (Lipinski definition) is 4. The number of aromatic nitrogens is 1. The first-order chi connectivity index (χ1) is 12.6. The zero-order valence-corrected chi connectivity index (χ0v) is 17.3. The van der Waals surface area contributed by atoms with Crippen molar-refractivity contribution in [3.05, 3.63) is 55.5 Å². The fourth-order valence-corrected chi connectivity index (χ4v) is 3.23. The molecule has 0 aliphatic rings. The number of aryl methyl sites for hydroxylation is 2. The van der Waals surface area contributed by atoms with Crippen LogP contribution in [0.2, 0.25) is 5.02 Å². The first-order valence-corrected chi connectivity index (χ1v) is 9.18. The molecule has 0 fully saturated rings. The molecule has 3 N–H and O–H groups in total. The Morgan fingerprint density at radius 2 is 1.93 bits per heavy atom. The maximum atomic E-state index is 12.7. The van der Waals surface area contributed by atoms with Crippen LogP contribution in [0.3, 0.4) is 0 Å². The van der Waals surface area contributed by atoms with Gasteiger partial charge in [0.1, 0.15) is 0 Å². The monoisotopic (exact) mass is 391 g/mol. The largest absolute Gasteiger partial charge is 0.487 e. The molecule has 1 aromatic carbocycles. The van der Waals surface area contributed by atoms with Gasteiger partial charge in [0.15, 0.2) is 5.75 Å². The molecule has 0 bridgehead atoms. The zero-order chi connectivity index (χ0) is 20.3. The van der Waals surface area contributed by atoms with Crippen LogP contribution >= 0.6 is 11.6 Å². The lowest BCUT2D eigenvalue weighted by Crippen LogP contribution is -2.28. The number of benzene rings is 1. The van der Waals surface area contributed by atoms with Crippen molar-refractivity contribution >= 4 is 23.2 Å². The van der Waals surface area contributed by atoms with E-state index in [0.29, 0.717) is 27.6 Å². The van der Waals surface area contributed by atoms with Crippen LogP contribution in [0, 0.1) is 20.8 Å². The Kier molecular flexibility index (Phi) is 6.54. The van der Waals surface area contributed by atoms with Gasteiger partial charge in [-0.15, -0.1) is 0 Å². The number of pyridine rings is 1. The number of rotatable bonds is 6. The highest BCUT2D eigenvalue weighted by molar-refractivity contribution is 6.33. The molecule has 0 unspecified atom stereocenters. The third-order valence-electron chi connectivity index (χ3n) is 4.26. The van der Waals surface area contributed by atoms with Gasteiger partial charge in [0.05, 0.1) is 16.8 Å². The minimum absolute atomic E-state index is 0.0510. The van der Waals surface area contributed by atoms with E-state index in [0.717, 1.165) is 16.8 Å². The molecule has 146 valence electrons. The highest BCUT2D eigenvalue weighted by Gasteiger charge is 2.20. The van der Waals surface area contributed by atoms with E-state index in [1.807, 2.05) is 40.7 Å². The van der Waals surface area contributed by atoms with Crippen LogP contribution in [0.5, 0.6) is 5.75 Å². The predicted molar refractivity (Wildman–Crippen MR) is 109 cm³/mol. The molecule has 1 aromatic heterocycles.